The highest BCUT2D eigenvalue weighted by Gasteiger charge is 2.37. The fourth-order valence-corrected chi connectivity index (χ4v) is 2.50. The molecule has 0 aliphatic heterocycles. The van der Waals surface area contributed by atoms with Crippen LogP contribution < -0.4 is 5.32 Å². The van der Waals surface area contributed by atoms with E-state index in [0.717, 1.165) is 25.7 Å². The Hall–Kier alpha value is -1.06. The van der Waals surface area contributed by atoms with Crippen molar-refractivity contribution in [1.82, 2.24) is 5.32 Å². The summed E-state index contributed by atoms with van der Waals surface area (Å²) < 4.78 is 4.74. The number of hydrogen-bond donors (Lipinski definition) is 1. The van der Waals surface area contributed by atoms with Crippen LogP contribution in [0.5, 0.6) is 0 Å². The Labute approximate surface area is 109 Å². The molecule has 0 aromatic carbocycles. The molecule has 1 N–H and O–H groups in total. The number of ether oxygens (including phenoxy) is 1. The molecule has 0 bridgehead atoms. The average Bonchev–Trinajstić information content (AvgIpc) is 2.35. The summed E-state index contributed by atoms with van der Waals surface area (Å²) in [7, 11) is 1.35. The SMILES string of the molecule is COC(=O)C(NC(=O)C1(C)CCCCC1)C(C)C. The molecule has 18 heavy (non-hydrogen) atoms. The van der Waals surface area contributed by atoms with E-state index in [1.54, 1.807) is 0 Å². The van der Waals surface area contributed by atoms with Gasteiger partial charge in [0.15, 0.2) is 0 Å². The third-order valence-corrected chi connectivity index (χ3v) is 3.91. The molecule has 1 atom stereocenters. The van der Waals surface area contributed by atoms with Crippen LogP contribution in [0.2, 0.25) is 0 Å². The lowest BCUT2D eigenvalue weighted by molar-refractivity contribution is -0.148. The Balaban J connectivity index is 2.68. The van der Waals surface area contributed by atoms with Gasteiger partial charge in [-0.2, -0.15) is 0 Å². The monoisotopic (exact) mass is 255 g/mol. The van der Waals surface area contributed by atoms with Gasteiger partial charge in [0.1, 0.15) is 6.04 Å². The Morgan fingerprint density at radius 1 is 1.17 bits per heavy atom. The summed E-state index contributed by atoms with van der Waals surface area (Å²) in [5.41, 5.74) is -0.320. The summed E-state index contributed by atoms with van der Waals surface area (Å²) in [4.78, 5) is 24.0. The second kappa shape index (κ2) is 6.21. The van der Waals surface area contributed by atoms with E-state index in [1.165, 1.54) is 13.5 Å². The van der Waals surface area contributed by atoms with Crippen molar-refractivity contribution in [2.45, 2.75) is 58.9 Å². The first-order valence-electron chi connectivity index (χ1n) is 6.79. The molecule has 1 saturated carbocycles. The number of esters is 1. The van der Waals surface area contributed by atoms with E-state index in [4.69, 9.17) is 4.74 Å². The molecule has 0 aromatic heterocycles. The zero-order valence-electron chi connectivity index (χ0n) is 11.9. The van der Waals surface area contributed by atoms with Crippen LogP contribution in [0.1, 0.15) is 52.9 Å². The molecule has 0 heterocycles. The van der Waals surface area contributed by atoms with Crippen molar-refractivity contribution < 1.29 is 14.3 Å². The topological polar surface area (TPSA) is 55.4 Å². The lowest BCUT2D eigenvalue weighted by Crippen LogP contribution is -2.50. The van der Waals surface area contributed by atoms with Gasteiger partial charge in [-0.25, -0.2) is 4.79 Å². The van der Waals surface area contributed by atoms with Gasteiger partial charge >= 0.3 is 5.97 Å². The summed E-state index contributed by atoms with van der Waals surface area (Å²) in [6, 6.07) is -0.541. The van der Waals surface area contributed by atoms with Gasteiger partial charge in [0, 0.05) is 5.41 Å². The number of hydrogen-bond acceptors (Lipinski definition) is 3. The minimum atomic E-state index is -0.541. The summed E-state index contributed by atoms with van der Waals surface area (Å²) in [6.07, 6.45) is 5.20. The lowest BCUT2D eigenvalue weighted by atomic mass is 9.75. The molecular weight excluding hydrogens is 230 g/mol. The first-order chi connectivity index (χ1) is 8.40. The lowest BCUT2D eigenvalue weighted by Gasteiger charge is -2.34. The number of methoxy groups -OCH3 is 1. The molecular formula is C14H25NO3. The molecule has 0 spiro atoms. The Morgan fingerprint density at radius 3 is 2.17 bits per heavy atom. The first kappa shape index (κ1) is 15.0. The average molecular weight is 255 g/mol. The Bertz CT molecular complexity index is 306. The highest BCUT2D eigenvalue weighted by atomic mass is 16.5. The van der Waals surface area contributed by atoms with Gasteiger partial charge in [-0.3, -0.25) is 4.79 Å². The third-order valence-electron chi connectivity index (χ3n) is 3.91. The van der Waals surface area contributed by atoms with E-state index in [0.29, 0.717) is 0 Å². The fraction of sp³-hybridized carbons (Fsp3) is 0.857. The first-order valence-corrected chi connectivity index (χ1v) is 6.79. The van der Waals surface area contributed by atoms with Crippen molar-refractivity contribution in [2.24, 2.45) is 11.3 Å². The standard InChI is InChI=1S/C14H25NO3/c1-10(2)11(12(16)18-4)15-13(17)14(3)8-6-5-7-9-14/h10-11H,5-9H2,1-4H3,(H,15,17). The van der Waals surface area contributed by atoms with Crippen LogP contribution >= 0.6 is 0 Å². The highest BCUT2D eigenvalue weighted by molar-refractivity contribution is 5.87. The van der Waals surface area contributed by atoms with Crippen molar-refractivity contribution in [2.75, 3.05) is 7.11 Å². The van der Waals surface area contributed by atoms with Crippen LogP contribution in [-0.2, 0) is 14.3 Å². The zero-order chi connectivity index (χ0) is 13.8. The summed E-state index contributed by atoms with van der Waals surface area (Å²) in [6.45, 7) is 5.81. The molecule has 1 fully saturated rings. The van der Waals surface area contributed by atoms with Gasteiger partial charge in [0.2, 0.25) is 5.91 Å². The molecule has 1 amide bonds. The molecule has 0 aromatic rings. The Morgan fingerprint density at radius 2 is 1.72 bits per heavy atom. The van der Waals surface area contributed by atoms with Gasteiger partial charge in [-0.15, -0.1) is 0 Å². The van der Waals surface area contributed by atoms with Crippen molar-refractivity contribution in [3.63, 3.8) is 0 Å². The van der Waals surface area contributed by atoms with Crippen LogP contribution in [0.4, 0.5) is 0 Å². The van der Waals surface area contributed by atoms with Crippen molar-refractivity contribution in [3.05, 3.63) is 0 Å². The predicted molar refractivity (Wildman–Crippen MR) is 70.0 cm³/mol. The summed E-state index contributed by atoms with van der Waals surface area (Å²) in [5.74, 6) is -0.336. The van der Waals surface area contributed by atoms with E-state index in [2.05, 4.69) is 5.32 Å². The quantitative estimate of drug-likeness (QED) is 0.784. The largest absolute Gasteiger partial charge is 0.467 e. The van der Waals surface area contributed by atoms with Gasteiger partial charge in [0.05, 0.1) is 7.11 Å². The van der Waals surface area contributed by atoms with E-state index in [1.807, 2.05) is 20.8 Å². The van der Waals surface area contributed by atoms with E-state index >= 15 is 0 Å². The van der Waals surface area contributed by atoms with Gasteiger partial charge < -0.3 is 10.1 Å². The number of carbonyl (C=O) groups is 2. The molecule has 1 unspecified atom stereocenters. The summed E-state index contributed by atoms with van der Waals surface area (Å²) >= 11 is 0. The maximum atomic E-state index is 12.3. The molecule has 4 heteroatoms. The van der Waals surface area contributed by atoms with Crippen LogP contribution in [0.15, 0.2) is 0 Å². The van der Waals surface area contributed by atoms with E-state index in [9.17, 15) is 9.59 Å². The molecule has 1 aliphatic rings. The highest BCUT2D eigenvalue weighted by Crippen LogP contribution is 2.36. The van der Waals surface area contributed by atoms with Crippen LogP contribution in [0.3, 0.4) is 0 Å². The number of carbonyl (C=O) groups excluding carboxylic acids is 2. The zero-order valence-corrected chi connectivity index (χ0v) is 11.9. The van der Waals surface area contributed by atoms with E-state index in [-0.39, 0.29) is 23.2 Å². The van der Waals surface area contributed by atoms with Gasteiger partial charge in [0.25, 0.3) is 0 Å². The number of amides is 1. The third kappa shape index (κ3) is 3.47. The predicted octanol–water partition coefficient (Wildman–Crippen LogP) is 2.27. The van der Waals surface area contributed by atoms with Gasteiger partial charge in [-0.1, -0.05) is 40.0 Å². The normalized spacial score (nSPS) is 20.3. The van der Waals surface area contributed by atoms with E-state index < -0.39 is 6.04 Å². The second-order valence-electron chi connectivity index (χ2n) is 5.84. The molecule has 104 valence electrons. The molecule has 4 nitrogen and oxygen atoms in total. The number of rotatable bonds is 4. The smallest absolute Gasteiger partial charge is 0.328 e. The molecule has 0 radical (unpaired) electrons. The minimum absolute atomic E-state index is 0.00806. The van der Waals surface area contributed by atoms with Crippen LogP contribution in [0, 0.1) is 11.3 Å². The molecule has 1 aliphatic carbocycles. The summed E-state index contributed by atoms with van der Waals surface area (Å²) in [5, 5.41) is 2.86. The maximum absolute atomic E-state index is 12.3. The van der Waals surface area contributed by atoms with Crippen molar-refractivity contribution in [3.8, 4) is 0 Å². The van der Waals surface area contributed by atoms with Crippen LogP contribution in [0.25, 0.3) is 0 Å². The van der Waals surface area contributed by atoms with Crippen molar-refractivity contribution in [1.29, 1.82) is 0 Å². The maximum Gasteiger partial charge on any atom is 0.328 e. The Kier molecular flexibility index (Phi) is 5.17. The fourth-order valence-electron chi connectivity index (χ4n) is 2.50. The molecule has 0 saturated heterocycles. The minimum Gasteiger partial charge on any atom is -0.467 e. The number of nitrogens with one attached hydrogen (secondary N) is 1. The second-order valence-corrected chi connectivity index (χ2v) is 5.84. The van der Waals surface area contributed by atoms with Crippen LogP contribution in [-0.4, -0.2) is 25.0 Å². The van der Waals surface area contributed by atoms with Crippen molar-refractivity contribution >= 4 is 11.9 Å². The molecule has 1 rings (SSSR count). The van der Waals surface area contributed by atoms with Gasteiger partial charge in [-0.05, 0) is 18.8 Å².